The summed E-state index contributed by atoms with van der Waals surface area (Å²) in [5, 5.41) is 11.1. The molecule has 6 nitrogen and oxygen atoms in total. The molecule has 29 heavy (non-hydrogen) atoms. The summed E-state index contributed by atoms with van der Waals surface area (Å²) in [5.74, 6) is 0.0275. The van der Waals surface area contributed by atoms with Crippen LogP contribution in [-0.2, 0) is 31.4 Å². The average Bonchev–Trinajstić information content (AvgIpc) is 2.70. The van der Waals surface area contributed by atoms with E-state index in [0.29, 0.717) is 37.9 Å². The second-order valence-corrected chi connectivity index (χ2v) is 9.89. The average molecular weight is 416 g/mol. The fourth-order valence-corrected chi connectivity index (χ4v) is 5.57. The summed E-state index contributed by atoms with van der Waals surface area (Å²) in [5.41, 5.74) is 1.10. The van der Waals surface area contributed by atoms with Crippen LogP contribution in [0, 0.1) is 0 Å². The van der Waals surface area contributed by atoms with Crippen molar-refractivity contribution in [3.05, 3.63) is 53.6 Å². The molecule has 1 fully saturated rings. The minimum atomic E-state index is -3.75. The zero-order chi connectivity index (χ0) is 20.8. The molecule has 7 heteroatoms. The Morgan fingerprint density at radius 2 is 1.90 bits per heavy atom. The number of fused-ring (bicyclic) bond motifs is 1. The number of rotatable bonds is 3. The molecule has 2 aliphatic heterocycles. The van der Waals surface area contributed by atoms with Crippen LogP contribution in [0.5, 0.6) is 0 Å². The number of carbonyl (C=O) groups is 1. The number of ether oxygens (including phenoxy) is 1. The zero-order valence-electron chi connectivity index (χ0n) is 16.6. The lowest BCUT2D eigenvalue weighted by molar-refractivity contribution is -0.118. The van der Waals surface area contributed by atoms with Crippen LogP contribution in [0.2, 0.25) is 0 Å². The minimum Gasteiger partial charge on any atom is -0.385 e. The Balaban J connectivity index is 1.71. The molecule has 1 saturated heterocycles. The van der Waals surface area contributed by atoms with Gasteiger partial charge in [0.1, 0.15) is 0 Å². The number of anilines is 1. The van der Waals surface area contributed by atoms with Gasteiger partial charge in [0, 0.05) is 32.0 Å². The van der Waals surface area contributed by atoms with E-state index in [9.17, 15) is 18.3 Å². The Morgan fingerprint density at radius 3 is 2.66 bits per heavy atom. The second kappa shape index (κ2) is 7.23. The maximum Gasteiger partial charge on any atom is 0.227 e. The smallest absolute Gasteiger partial charge is 0.227 e. The summed E-state index contributed by atoms with van der Waals surface area (Å²) in [4.78, 5) is 13.8. The first-order valence-electron chi connectivity index (χ1n) is 9.80. The summed E-state index contributed by atoms with van der Waals surface area (Å²) < 4.78 is 32.1. The lowest BCUT2D eigenvalue weighted by Crippen LogP contribution is -2.37. The predicted molar refractivity (Wildman–Crippen MR) is 109 cm³/mol. The maximum absolute atomic E-state index is 13.3. The van der Waals surface area contributed by atoms with Gasteiger partial charge < -0.3 is 14.7 Å². The standard InChI is InChI=1S/C22H25NO5S/c1-15-14-22(25,10-11-28-15)17-4-3-5-18(13-17)29(26,27)19-7-8-20-16(12-19)6-9-21(24)23(20)2/h3-5,7-8,12-13,15,25H,6,9-11,14H2,1-2H3/t15-,22+/m0/s1. The van der Waals surface area contributed by atoms with Crippen molar-refractivity contribution in [1.29, 1.82) is 0 Å². The summed E-state index contributed by atoms with van der Waals surface area (Å²) in [7, 11) is -2.05. The molecule has 0 aromatic heterocycles. The molecule has 0 aliphatic carbocycles. The van der Waals surface area contributed by atoms with Crippen molar-refractivity contribution in [2.45, 2.75) is 54.1 Å². The summed E-state index contributed by atoms with van der Waals surface area (Å²) in [6.45, 7) is 2.34. The second-order valence-electron chi connectivity index (χ2n) is 7.94. The quantitative estimate of drug-likeness (QED) is 0.833. The van der Waals surface area contributed by atoms with Crippen LogP contribution in [0.25, 0.3) is 0 Å². The molecule has 2 aromatic carbocycles. The van der Waals surface area contributed by atoms with Crippen LogP contribution in [0.1, 0.15) is 37.3 Å². The highest BCUT2D eigenvalue weighted by molar-refractivity contribution is 7.91. The van der Waals surface area contributed by atoms with Crippen LogP contribution >= 0.6 is 0 Å². The molecular formula is C22H25NO5S. The minimum absolute atomic E-state index is 0.0275. The van der Waals surface area contributed by atoms with Crippen molar-refractivity contribution in [1.82, 2.24) is 0 Å². The fraction of sp³-hybridized carbons (Fsp3) is 0.409. The highest BCUT2D eigenvalue weighted by atomic mass is 32.2. The molecule has 154 valence electrons. The Morgan fingerprint density at radius 1 is 1.14 bits per heavy atom. The van der Waals surface area contributed by atoms with Crippen molar-refractivity contribution in [2.24, 2.45) is 0 Å². The van der Waals surface area contributed by atoms with Gasteiger partial charge in [0.15, 0.2) is 0 Å². The third-order valence-electron chi connectivity index (χ3n) is 5.93. The molecule has 2 aliphatic rings. The first-order chi connectivity index (χ1) is 13.7. The van der Waals surface area contributed by atoms with E-state index in [2.05, 4.69) is 0 Å². The van der Waals surface area contributed by atoms with Crippen LogP contribution < -0.4 is 4.90 Å². The molecule has 0 radical (unpaired) electrons. The van der Waals surface area contributed by atoms with Crippen LogP contribution in [0.3, 0.4) is 0 Å². The first kappa shape index (κ1) is 20.1. The van der Waals surface area contributed by atoms with Gasteiger partial charge in [-0.15, -0.1) is 0 Å². The normalized spacial score (nSPS) is 25.0. The van der Waals surface area contributed by atoms with Gasteiger partial charge in [0.05, 0.1) is 28.1 Å². The van der Waals surface area contributed by atoms with Crippen molar-refractivity contribution in [2.75, 3.05) is 18.6 Å². The number of hydrogen-bond donors (Lipinski definition) is 1. The number of aryl methyl sites for hydroxylation is 1. The molecule has 0 unspecified atom stereocenters. The topological polar surface area (TPSA) is 83.9 Å². The monoisotopic (exact) mass is 415 g/mol. The van der Waals surface area contributed by atoms with Gasteiger partial charge in [0.25, 0.3) is 0 Å². The van der Waals surface area contributed by atoms with Gasteiger partial charge in [-0.05, 0) is 54.8 Å². The summed E-state index contributed by atoms with van der Waals surface area (Å²) in [6.07, 6.45) is 1.67. The van der Waals surface area contributed by atoms with E-state index in [-0.39, 0.29) is 21.8 Å². The molecular weight excluding hydrogens is 390 g/mol. The molecule has 0 saturated carbocycles. The lowest BCUT2D eigenvalue weighted by Gasteiger charge is -2.36. The van der Waals surface area contributed by atoms with E-state index in [1.165, 1.54) is 0 Å². The molecule has 2 atom stereocenters. The number of amides is 1. The van der Waals surface area contributed by atoms with E-state index in [1.54, 1.807) is 54.4 Å². The van der Waals surface area contributed by atoms with Gasteiger partial charge in [-0.25, -0.2) is 8.42 Å². The molecule has 0 spiro atoms. The van der Waals surface area contributed by atoms with Crippen molar-refractivity contribution in [3.8, 4) is 0 Å². The molecule has 2 heterocycles. The highest BCUT2D eigenvalue weighted by Crippen LogP contribution is 2.37. The maximum atomic E-state index is 13.3. The highest BCUT2D eigenvalue weighted by Gasteiger charge is 2.36. The van der Waals surface area contributed by atoms with E-state index in [0.717, 1.165) is 11.3 Å². The predicted octanol–water partition coefficient (Wildman–Crippen LogP) is 2.81. The molecule has 2 aromatic rings. The number of aliphatic hydroxyl groups is 1. The molecule has 1 amide bonds. The number of hydrogen-bond acceptors (Lipinski definition) is 5. The SMILES string of the molecule is C[C@H]1C[C@@](O)(c2cccc(S(=O)(=O)c3ccc4c(c3)CCC(=O)N4C)c2)CCO1. The molecule has 0 bridgehead atoms. The molecule has 1 N–H and O–H groups in total. The third-order valence-corrected chi connectivity index (χ3v) is 7.68. The largest absolute Gasteiger partial charge is 0.385 e. The summed E-state index contributed by atoms with van der Waals surface area (Å²) >= 11 is 0. The summed E-state index contributed by atoms with van der Waals surface area (Å²) in [6, 6.07) is 11.5. The van der Waals surface area contributed by atoms with Gasteiger partial charge in [-0.1, -0.05) is 12.1 Å². The first-order valence-corrected chi connectivity index (χ1v) is 11.3. The van der Waals surface area contributed by atoms with Gasteiger partial charge in [-0.2, -0.15) is 0 Å². The molecule has 4 rings (SSSR count). The van der Waals surface area contributed by atoms with E-state index in [4.69, 9.17) is 4.74 Å². The van der Waals surface area contributed by atoms with Crippen molar-refractivity contribution in [3.63, 3.8) is 0 Å². The van der Waals surface area contributed by atoms with Gasteiger partial charge in [-0.3, -0.25) is 4.79 Å². The third kappa shape index (κ3) is 3.58. The van der Waals surface area contributed by atoms with E-state index >= 15 is 0 Å². The lowest BCUT2D eigenvalue weighted by atomic mass is 9.84. The Kier molecular flexibility index (Phi) is 5.01. The van der Waals surface area contributed by atoms with E-state index < -0.39 is 15.4 Å². The Labute approximate surface area is 171 Å². The fourth-order valence-electron chi connectivity index (χ4n) is 4.22. The van der Waals surface area contributed by atoms with Gasteiger partial charge in [0.2, 0.25) is 15.7 Å². The number of carbonyl (C=O) groups excluding carboxylic acids is 1. The van der Waals surface area contributed by atoms with Crippen LogP contribution in [0.4, 0.5) is 5.69 Å². The van der Waals surface area contributed by atoms with Crippen molar-refractivity contribution < 1.29 is 23.1 Å². The Hall–Kier alpha value is -2.22. The number of benzene rings is 2. The number of sulfone groups is 1. The Bertz CT molecular complexity index is 1060. The van der Waals surface area contributed by atoms with Crippen molar-refractivity contribution >= 4 is 21.4 Å². The van der Waals surface area contributed by atoms with Crippen LogP contribution in [0.15, 0.2) is 52.3 Å². The van der Waals surface area contributed by atoms with Crippen LogP contribution in [-0.4, -0.2) is 39.2 Å². The van der Waals surface area contributed by atoms with Gasteiger partial charge >= 0.3 is 0 Å². The number of nitrogens with zero attached hydrogens (tertiary/aromatic N) is 1. The zero-order valence-corrected chi connectivity index (χ0v) is 17.4. The van der Waals surface area contributed by atoms with E-state index in [1.807, 2.05) is 6.92 Å².